The molecular weight excluding hydrogens is 362 g/mol. The molecule has 0 aliphatic heterocycles. The van der Waals surface area contributed by atoms with E-state index in [1.54, 1.807) is 10.9 Å². The van der Waals surface area contributed by atoms with Gasteiger partial charge in [0.1, 0.15) is 17.3 Å². The van der Waals surface area contributed by atoms with Crippen LogP contribution in [0.1, 0.15) is 32.1 Å². The van der Waals surface area contributed by atoms with E-state index in [2.05, 4.69) is 10.4 Å². The zero-order valence-electron chi connectivity index (χ0n) is 16.2. The normalized spacial score (nSPS) is 14.8. The maximum absolute atomic E-state index is 6.00. The summed E-state index contributed by atoms with van der Waals surface area (Å²) in [4.78, 5) is 9.53. The number of fused-ring (bicyclic) bond motifs is 1. The van der Waals surface area contributed by atoms with Crippen LogP contribution in [0.25, 0.3) is 16.9 Å². The lowest BCUT2D eigenvalue weighted by Crippen LogP contribution is -2.23. The zero-order chi connectivity index (χ0) is 19.5. The van der Waals surface area contributed by atoms with Gasteiger partial charge in [0, 0.05) is 29.9 Å². The van der Waals surface area contributed by atoms with E-state index >= 15 is 0 Å². The Hall–Kier alpha value is -3.41. The number of ether oxygens (including phenoxy) is 1. The van der Waals surface area contributed by atoms with Crippen LogP contribution in [0.4, 0.5) is 5.82 Å². The van der Waals surface area contributed by atoms with Gasteiger partial charge < -0.3 is 10.1 Å². The molecule has 4 aromatic rings. The first-order valence-electron chi connectivity index (χ1n) is 10.2. The second-order valence-corrected chi connectivity index (χ2v) is 7.40. The Labute approximate surface area is 169 Å². The van der Waals surface area contributed by atoms with Crippen molar-refractivity contribution in [2.75, 3.05) is 5.32 Å². The predicted molar refractivity (Wildman–Crippen MR) is 114 cm³/mol. The highest BCUT2D eigenvalue weighted by molar-refractivity contribution is 5.90. The molecule has 0 atom stereocenters. The summed E-state index contributed by atoms with van der Waals surface area (Å²) in [6, 6.07) is 18.1. The highest BCUT2D eigenvalue weighted by atomic mass is 16.5. The molecule has 1 N–H and O–H groups in total. The molecular formula is C23H23N5O. The van der Waals surface area contributed by atoms with Gasteiger partial charge >= 0.3 is 0 Å². The first kappa shape index (κ1) is 17.7. The van der Waals surface area contributed by atoms with E-state index in [0.717, 1.165) is 28.2 Å². The van der Waals surface area contributed by atoms with E-state index in [1.807, 2.05) is 60.8 Å². The molecule has 1 aliphatic rings. The molecule has 2 heterocycles. The van der Waals surface area contributed by atoms with E-state index in [9.17, 15) is 0 Å². The number of hydrogen-bond donors (Lipinski definition) is 1. The maximum atomic E-state index is 6.00. The highest BCUT2D eigenvalue weighted by Crippen LogP contribution is 2.30. The van der Waals surface area contributed by atoms with Gasteiger partial charge in [-0.2, -0.15) is 10.1 Å². The molecule has 0 spiro atoms. The minimum absolute atomic E-state index is 0.451. The van der Waals surface area contributed by atoms with Gasteiger partial charge in [0.15, 0.2) is 0 Å². The number of nitrogens with one attached hydrogen (secondary N) is 1. The largest absolute Gasteiger partial charge is 0.457 e. The molecule has 0 radical (unpaired) electrons. The zero-order valence-corrected chi connectivity index (χ0v) is 16.2. The Balaban J connectivity index is 1.54. The fraction of sp³-hybridized carbons (Fsp3) is 0.261. The Kier molecular flexibility index (Phi) is 4.82. The minimum atomic E-state index is 0.451. The van der Waals surface area contributed by atoms with Crippen LogP contribution in [0.2, 0.25) is 0 Å². The monoisotopic (exact) mass is 385 g/mol. The molecule has 0 bridgehead atoms. The van der Waals surface area contributed by atoms with Crippen molar-refractivity contribution in [3.8, 4) is 17.4 Å². The van der Waals surface area contributed by atoms with Gasteiger partial charge in [-0.15, -0.1) is 0 Å². The average molecular weight is 385 g/mol. The van der Waals surface area contributed by atoms with Crippen LogP contribution in [-0.2, 0) is 0 Å². The van der Waals surface area contributed by atoms with Gasteiger partial charge in [0.25, 0.3) is 5.95 Å². The van der Waals surface area contributed by atoms with Crippen LogP contribution in [0.5, 0.6) is 11.5 Å². The van der Waals surface area contributed by atoms with E-state index in [1.165, 1.54) is 32.1 Å². The molecule has 2 aromatic heterocycles. The molecule has 0 amide bonds. The lowest BCUT2D eigenvalue weighted by atomic mass is 9.95. The van der Waals surface area contributed by atoms with Gasteiger partial charge in [-0.25, -0.2) is 9.67 Å². The Bertz CT molecular complexity index is 1090. The van der Waals surface area contributed by atoms with Gasteiger partial charge in [-0.3, -0.25) is 0 Å². The molecule has 6 heteroatoms. The number of anilines is 1. The third-order valence-electron chi connectivity index (χ3n) is 5.29. The number of rotatable bonds is 5. The third-order valence-corrected chi connectivity index (χ3v) is 5.29. The van der Waals surface area contributed by atoms with Gasteiger partial charge in [-0.05, 0) is 43.2 Å². The molecule has 6 nitrogen and oxygen atoms in total. The van der Waals surface area contributed by atoms with Gasteiger partial charge in [-0.1, -0.05) is 37.5 Å². The standard InChI is InChI=1S/C23H23N5O/c1-3-8-17(9-4-1)25-22-20-13-12-19(29-18-10-5-2-6-11-18)16-21(20)26-23(27-22)28-15-7-14-24-28/h2,5-7,10-17H,1,3-4,8-9H2,(H,25,26,27). The van der Waals surface area contributed by atoms with Crippen molar-refractivity contribution < 1.29 is 4.74 Å². The number of benzene rings is 2. The topological polar surface area (TPSA) is 64.9 Å². The molecule has 0 saturated heterocycles. The van der Waals surface area contributed by atoms with E-state index in [0.29, 0.717) is 12.0 Å². The van der Waals surface area contributed by atoms with E-state index in [4.69, 9.17) is 14.7 Å². The van der Waals surface area contributed by atoms with Crippen molar-refractivity contribution in [1.82, 2.24) is 19.7 Å². The summed E-state index contributed by atoms with van der Waals surface area (Å²) in [5.41, 5.74) is 0.831. The van der Waals surface area contributed by atoms with Crippen molar-refractivity contribution in [2.24, 2.45) is 0 Å². The van der Waals surface area contributed by atoms with Crippen molar-refractivity contribution in [3.63, 3.8) is 0 Å². The second-order valence-electron chi connectivity index (χ2n) is 7.40. The summed E-state index contributed by atoms with van der Waals surface area (Å²) in [6.45, 7) is 0. The summed E-state index contributed by atoms with van der Waals surface area (Å²) in [7, 11) is 0. The smallest absolute Gasteiger partial charge is 0.253 e. The Morgan fingerprint density at radius 3 is 2.55 bits per heavy atom. The first-order chi connectivity index (χ1) is 14.3. The van der Waals surface area contributed by atoms with Crippen molar-refractivity contribution >= 4 is 16.7 Å². The molecule has 1 aliphatic carbocycles. The number of aromatic nitrogens is 4. The maximum Gasteiger partial charge on any atom is 0.253 e. The van der Waals surface area contributed by atoms with Crippen molar-refractivity contribution in [2.45, 2.75) is 38.1 Å². The summed E-state index contributed by atoms with van der Waals surface area (Å²) in [5, 5.41) is 8.96. The number of nitrogens with zero attached hydrogens (tertiary/aromatic N) is 4. The molecule has 1 fully saturated rings. The lowest BCUT2D eigenvalue weighted by molar-refractivity contribution is 0.462. The molecule has 0 unspecified atom stereocenters. The van der Waals surface area contributed by atoms with E-state index in [-0.39, 0.29) is 0 Å². The molecule has 5 rings (SSSR count). The molecule has 146 valence electrons. The molecule has 2 aromatic carbocycles. The lowest BCUT2D eigenvalue weighted by Gasteiger charge is -2.24. The highest BCUT2D eigenvalue weighted by Gasteiger charge is 2.17. The van der Waals surface area contributed by atoms with Crippen LogP contribution >= 0.6 is 0 Å². The van der Waals surface area contributed by atoms with E-state index < -0.39 is 0 Å². The number of hydrogen-bond acceptors (Lipinski definition) is 5. The van der Waals surface area contributed by atoms with Crippen LogP contribution in [-0.4, -0.2) is 25.8 Å². The fourth-order valence-corrected chi connectivity index (χ4v) is 3.83. The summed E-state index contributed by atoms with van der Waals surface area (Å²) >= 11 is 0. The van der Waals surface area contributed by atoms with Crippen LogP contribution in [0, 0.1) is 0 Å². The summed E-state index contributed by atoms with van der Waals surface area (Å²) in [6.07, 6.45) is 9.80. The quantitative estimate of drug-likeness (QED) is 0.501. The first-order valence-corrected chi connectivity index (χ1v) is 10.2. The summed E-state index contributed by atoms with van der Waals surface area (Å²) < 4.78 is 7.69. The fourth-order valence-electron chi connectivity index (χ4n) is 3.83. The second kappa shape index (κ2) is 7.91. The predicted octanol–water partition coefficient (Wildman–Crippen LogP) is 5.35. The molecule has 29 heavy (non-hydrogen) atoms. The van der Waals surface area contributed by atoms with Crippen molar-refractivity contribution in [1.29, 1.82) is 0 Å². The van der Waals surface area contributed by atoms with Gasteiger partial charge in [0.05, 0.1) is 5.52 Å². The van der Waals surface area contributed by atoms with Crippen LogP contribution in [0.15, 0.2) is 67.0 Å². The third kappa shape index (κ3) is 3.92. The SMILES string of the molecule is c1ccc(Oc2ccc3c(NC4CCCCC4)nc(-n4cccn4)nc3c2)cc1. The van der Waals surface area contributed by atoms with Crippen LogP contribution in [0.3, 0.4) is 0 Å². The number of para-hydroxylation sites is 1. The van der Waals surface area contributed by atoms with Crippen LogP contribution < -0.4 is 10.1 Å². The Morgan fingerprint density at radius 1 is 0.897 bits per heavy atom. The molecule has 1 saturated carbocycles. The van der Waals surface area contributed by atoms with Gasteiger partial charge in [0.2, 0.25) is 0 Å². The minimum Gasteiger partial charge on any atom is -0.457 e. The average Bonchev–Trinajstić information content (AvgIpc) is 3.30. The van der Waals surface area contributed by atoms with Crippen molar-refractivity contribution in [3.05, 3.63) is 67.0 Å². The summed E-state index contributed by atoms with van der Waals surface area (Å²) in [5.74, 6) is 2.96. The Morgan fingerprint density at radius 2 is 1.76 bits per heavy atom.